The number of carbonyl (C=O) groups is 1. The van der Waals surface area contributed by atoms with Crippen LogP contribution < -0.4 is 10.6 Å². The van der Waals surface area contributed by atoms with Crippen LogP contribution in [0.25, 0.3) is 20.8 Å². The number of fused-ring (bicyclic) bond motifs is 1. The molecule has 3 aromatic heterocycles. The molecule has 36 heavy (non-hydrogen) atoms. The van der Waals surface area contributed by atoms with Gasteiger partial charge in [-0.25, -0.2) is 9.97 Å². The zero-order valence-corrected chi connectivity index (χ0v) is 22.0. The first kappa shape index (κ1) is 26.1. The molecule has 12 heteroatoms. The third-order valence-corrected chi connectivity index (χ3v) is 7.33. The summed E-state index contributed by atoms with van der Waals surface area (Å²) >= 11 is 1.51. The maximum atomic E-state index is 12.6. The molecule has 3 heterocycles. The van der Waals surface area contributed by atoms with Crippen molar-refractivity contribution in [1.29, 1.82) is 0 Å². The summed E-state index contributed by atoms with van der Waals surface area (Å²) in [5.41, 5.74) is 3.05. The number of anilines is 2. The van der Waals surface area contributed by atoms with Crippen LogP contribution >= 0.6 is 11.3 Å². The molecule has 0 aliphatic heterocycles. The quantitative estimate of drug-likeness (QED) is 0.311. The summed E-state index contributed by atoms with van der Waals surface area (Å²) in [6, 6.07) is 1.33. The van der Waals surface area contributed by atoms with E-state index in [9.17, 15) is 15.0 Å². The minimum Gasteiger partial charge on any atom is -0.390 e. The summed E-state index contributed by atoms with van der Waals surface area (Å²) in [6.45, 7) is 7.39. The number of ether oxygens (including phenoxy) is 1. The molecule has 0 radical (unpaired) electrons. The second-order valence-corrected chi connectivity index (χ2v) is 10.1. The van der Waals surface area contributed by atoms with E-state index in [-0.39, 0.29) is 12.3 Å². The highest BCUT2D eigenvalue weighted by Gasteiger charge is 2.46. The fourth-order valence-electron chi connectivity index (χ4n) is 4.41. The molecule has 4 atom stereocenters. The number of carbonyl (C=O) groups excluding carboxylic acids is 1. The van der Waals surface area contributed by atoms with Crippen LogP contribution in [0.2, 0.25) is 0 Å². The lowest BCUT2D eigenvalue weighted by Gasteiger charge is -2.21. The predicted molar refractivity (Wildman–Crippen MR) is 139 cm³/mol. The van der Waals surface area contributed by atoms with E-state index in [2.05, 4.69) is 20.6 Å². The number of rotatable bonds is 9. The molecular formula is C24H33N7O4S. The molecule has 0 bridgehead atoms. The number of aromatic nitrogens is 4. The largest absolute Gasteiger partial charge is 0.390 e. The van der Waals surface area contributed by atoms with Gasteiger partial charge < -0.3 is 30.5 Å². The number of aliphatic hydroxyl groups excluding tert-OH is 2. The first-order valence-corrected chi connectivity index (χ1v) is 12.8. The van der Waals surface area contributed by atoms with E-state index < -0.39 is 24.2 Å². The van der Waals surface area contributed by atoms with Crippen molar-refractivity contribution >= 4 is 39.2 Å². The van der Waals surface area contributed by atoms with Crippen molar-refractivity contribution in [3.05, 3.63) is 23.7 Å². The second-order valence-electron chi connectivity index (χ2n) is 9.05. The van der Waals surface area contributed by atoms with Crippen molar-refractivity contribution in [2.24, 2.45) is 5.92 Å². The molecule has 1 aliphatic carbocycles. The highest BCUT2D eigenvalue weighted by atomic mass is 32.1. The Labute approximate surface area is 214 Å². The Kier molecular flexibility index (Phi) is 7.98. The van der Waals surface area contributed by atoms with Gasteiger partial charge in [-0.2, -0.15) is 4.98 Å². The number of pyridine rings is 1. The van der Waals surface area contributed by atoms with Gasteiger partial charge >= 0.3 is 0 Å². The van der Waals surface area contributed by atoms with Crippen LogP contribution in [0.15, 0.2) is 12.3 Å². The number of hydrogen-bond acceptors (Lipinski definition) is 11. The lowest BCUT2D eigenvalue weighted by molar-refractivity contribution is -0.136. The van der Waals surface area contributed by atoms with Crippen LogP contribution in [0, 0.1) is 19.8 Å². The van der Waals surface area contributed by atoms with Gasteiger partial charge in [0.25, 0.3) is 0 Å². The Balaban J connectivity index is 1.71. The summed E-state index contributed by atoms with van der Waals surface area (Å²) in [5, 5.41) is 28.6. The zero-order valence-electron chi connectivity index (χ0n) is 21.1. The van der Waals surface area contributed by atoms with Crippen molar-refractivity contribution in [2.75, 3.05) is 44.5 Å². The third-order valence-electron chi connectivity index (χ3n) is 6.29. The molecule has 11 nitrogen and oxygen atoms in total. The Morgan fingerprint density at radius 1 is 1.19 bits per heavy atom. The maximum absolute atomic E-state index is 12.6. The number of thiazole rings is 1. The summed E-state index contributed by atoms with van der Waals surface area (Å²) in [7, 11) is 3.27. The molecule has 0 spiro atoms. The van der Waals surface area contributed by atoms with Gasteiger partial charge in [-0.05, 0) is 33.3 Å². The smallest absolute Gasteiger partial charge is 0.227 e. The highest BCUT2D eigenvalue weighted by molar-refractivity contribution is 7.21. The topological polar surface area (TPSA) is 146 Å². The fraction of sp³-hybridized carbons (Fsp3) is 0.542. The predicted octanol–water partition coefficient (Wildman–Crippen LogP) is 1.82. The zero-order chi connectivity index (χ0) is 26.0. The van der Waals surface area contributed by atoms with E-state index in [0.717, 1.165) is 20.9 Å². The molecule has 0 saturated heterocycles. The third kappa shape index (κ3) is 5.26. The van der Waals surface area contributed by atoms with Crippen molar-refractivity contribution in [3.63, 3.8) is 0 Å². The number of aryl methyl sites for hydroxylation is 2. The molecule has 3 aromatic rings. The van der Waals surface area contributed by atoms with Gasteiger partial charge in [-0.15, -0.1) is 11.3 Å². The molecular weight excluding hydrogens is 482 g/mol. The molecule has 4 rings (SSSR count). The number of amides is 1. The summed E-state index contributed by atoms with van der Waals surface area (Å²) in [6.07, 6.45) is -0.300. The Bertz CT molecular complexity index is 1230. The summed E-state index contributed by atoms with van der Waals surface area (Å²) in [4.78, 5) is 32.5. The maximum Gasteiger partial charge on any atom is 0.227 e. The molecule has 1 amide bonds. The van der Waals surface area contributed by atoms with E-state index in [0.29, 0.717) is 42.8 Å². The van der Waals surface area contributed by atoms with E-state index >= 15 is 0 Å². The van der Waals surface area contributed by atoms with Crippen LogP contribution in [0.5, 0.6) is 0 Å². The van der Waals surface area contributed by atoms with E-state index in [1.165, 1.54) is 16.2 Å². The first-order valence-electron chi connectivity index (χ1n) is 12.0. The lowest BCUT2D eigenvalue weighted by Crippen LogP contribution is -2.38. The van der Waals surface area contributed by atoms with Gasteiger partial charge in [0.2, 0.25) is 11.9 Å². The average Bonchev–Trinajstić information content (AvgIpc) is 3.38. The van der Waals surface area contributed by atoms with Crippen molar-refractivity contribution in [2.45, 2.75) is 45.4 Å². The van der Waals surface area contributed by atoms with E-state index in [4.69, 9.17) is 14.7 Å². The van der Waals surface area contributed by atoms with Crippen LogP contribution in [-0.4, -0.2) is 93.1 Å². The Morgan fingerprint density at radius 3 is 2.67 bits per heavy atom. The summed E-state index contributed by atoms with van der Waals surface area (Å²) < 4.78 is 6.39. The van der Waals surface area contributed by atoms with Gasteiger partial charge in [-0.3, -0.25) is 9.78 Å². The van der Waals surface area contributed by atoms with Crippen molar-refractivity contribution in [1.82, 2.24) is 24.8 Å². The van der Waals surface area contributed by atoms with Gasteiger partial charge in [0.05, 0.1) is 46.3 Å². The number of hydrogen-bond donors (Lipinski definition) is 4. The Hall–Kier alpha value is -2.93. The standard InChI is InChI=1S/C24H33N7O4S/c1-6-35-10-9-26-24-27-12(2)17(22-29-18-13(3)25-8-7-16(18)36-22)21(30-24)28-15-11-14(19(32)20(15)33)23(34)31(4)5/h7-8,14-15,19-20,32-33H,6,9-11H2,1-5H3,(H2,26,27,28,30)/t14-,15+,19+,20-/m0/s1. The van der Waals surface area contributed by atoms with Gasteiger partial charge in [-0.1, -0.05) is 0 Å². The Morgan fingerprint density at radius 2 is 1.97 bits per heavy atom. The molecule has 0 unspecified atom stereocenters. The van der Waals surface area contributed by atoms with Crippen molar-refractivity contribution in [3.8, 4) is 10.6 Å². The molecule has 1 saturated carbocycles. The molecule has 0 aromatic carbocycles. The molecule has 1 aliphatic rings. The van der Waals surface area contributed by atoms with E-state index in [1.807, 2.05) is 26.8 Å². The van der Waals surface area contributed by atoms with Gasteiger partial charge in [0.1, 0.15) is 22.4 Å². The van der Waals surface area contributed by atoms with Crippen LogP contribution in [-0.2, 0) is 9.53 Å². The number of nitrogens with one attached hydrogen (secondary N) is 2. The minimum absolute atomic E-state index is 0.225. The molecule has 4 N–H and O–H groups in total. The fourth-order valence-corrected chi connectivity index (χ4v) is 5.52. The van der Waals surface area contributed by atoms with Crippen LogP contribution in [0.3, 0.4) is 0 Å². The second kappa shape index (κ2) is 11.0. The molecule has 194 valence electrons. The monoisotopic (exact) mass is 515 g/mol. The van der Waals surface area contributed by atoms with Crippen LogP contribution in [0.4, 0.5) is 11.8 Å². The average molecular weight is 516 g/mol. The first-order chi connectivity index (χ1) is 17.2. The van der Waals surface area contributed by atoms with E-state index in [1.54, 1.807) is 20.3 Å². The lowest BCUT2D eigenvalue weighted by atomic mass is 10.0. The van der Waals surface area contributed by atoms with Crippen molar-refractivity contribution < 1.29 is 19.7 Å². The normalized spacial score (nSPS) is 21.6. The SMILES string of the molecule is CCOCCNc1nc(C)c(-c2nc3c(C)nccc3s2)c(N[C@@H]2C[C@H](C(=O)N(C)C)[C@@H](O)[C@H]2O)n1. The van der Waals surface area contributed by atoms with Gasteiger partial charge in [0.15, 0.2) is 0 Å². The molecule has 1 fully saturated rings. The summed E-state index contributed by atoms with van der Waals surface area (Å²) in [5.74, 6) is -0.0529. The minimum atomic E-state index is -1.18. The number of aliphatic hydroxyl groups is 2. The van der Waals surface area contributed by atoms with Crippen LogP contribution in [0.1, 0.15) is 24.7 Å². The highest BCUT2D eigenvalue weighted by Crippen LogP contribution is 2.38. The number of nitrogens with zero attached hydrogens (tertiary/aromatic N) is 5. The van der Waals surface area contributed by atoms with Gasteiger partial charge in [0, 0.05) is 33.4 Å².